The quantitative estimate of drug-likeness (QED) is 0.660. The summed E-state index contributed by atoms with van der Waals surface area (Å²) in [5.41, 5.74) is 1.26. The summed E-state index contributed by atoms with van der Waals surface area (Å²) in [6, 6.07) is 4.93. The molecular formula is C30H43NO4. The summed E-state index contributed by atoms with van der Waals surface area (Å²) in [6.45, 7) is 11.0. The van der Waals surface area contributed by atoms with Gasteiger partial charge in [0.15, 0.2) is 11.5 Å². The molecule has 4 saturated carbocycles. The Balaban J connectivity index is 1.48. The molecule has 5 nitrogen and oxygen atoms in total. The fourth-order valence-electron chi connectivity index (χ4n) is 9.73. The van der Waals surface area contributed by atoms with E-state index in [4.69, 9.17) is 14.2 Å². The molecule has 0 amide bonds. The zero-order valence-corrected chi connectivity index (χ0v) is 22.4. The van der Waals surface area contributed by atoms with Crippen molar-refractivity contribution in [2.24, 2.45) is 22.7 Å². The average molecular weight is 482 g/mol. The van der Waals surface area contributed by atoms with Crippen LogP contribution < -0.4 is 9.47 Å². The van der Waals surface area contributed by atoms with Crippen molar-refractivity contribution < 1.29 is 19.3 Å². The van der Waals surface area contributed by atoms with E-state index in [0.717, 1.165) is 56.1 Å². The summed E-state index contributed by atoms with van der Waals surface area (Å²) >= 11 is 0. The van der Waals surface area contributed by atoms with E-state index in [9.17, 15) is 5.11 Å². The van der Waals surface area contributed by atoms with Gasteiger partial charge in [0.05, 0.1) is 12.7 Å². The summed E-state index contributed by atoms with van der Waals surface area (Å²) in [5, 5.41) is 12.3. The second-order valence-corrected chi connectivity index (χ2v) is 14.0. The minimum absolute atomic E-state index is 0.0112. The highest BCUT2D eigenvalue weighted by atomic mass is 16.6. The van der Waals surface area contributed by atoms with Crippen LogP contribution in [0.3, 0.4) is 0 Å². The highest BCUT2D eigenvalue weighted by molar-refractivity contribution is 5.63. The molecule has 5 heteroatoms. The molecule has 192 valence electrons. The first-order chi connectivity index (χ1) is 16.6. The van der Waals surface area contributed by atoms with E-state index < -0.39 is 11.2 Å². The van der Waals surface area contributed by atoms with Gasteiger partial charge in [-0.2, -0.15) is 0 Å². The second kappa shape index (κ2) is 6.76. The first-order valence-corrected chi connectivity index (χ1v) is 13.9. The van der Waals surface area contributed by atoms with Crippen molar-refractivity contribution >= 4 is 0 Å². The van der Waals surface area contributed by atoms with Crippen LogP contribution in [0, 0.1) is 22.7 Å². The molecule has 2 aliphatic heterocycles. The van der Waals surface area contributed by atoms with Gasteiger partial charge >= 0.3 is 0 Å². The number of nitrogens with zero attached hydrogens (tertiary/aromatic N) is 1. The molecule has 2 unspecified atom stereocenters. The van der Waals surface area contributed by atoms with Crippen molar-refractivity contribution in [1.82, 2.24) is 4.90 Å². The van der Waals surface area contributed by atoms with Crippen LogP contribution in [0.2, 0.25) is 0 Å². The number of fused-ring (bicyclic) bond motifs is 2. The molecule has 7 atom stereocenters. The molecule has 5 fully saturated rings. The number of likely N-dealkylation sites (tertiary alicyclic amines) is 1. The smallest absolute Gasteiger partial charge is 0.165 e. The molecule has 0 radical (unpaired) electrons. The summed E-state index contributed by atoms with van der Waals surface area (Å²) in [4.78, 5) is 2.86. The van der Waals surface area contributed by atoms with E-state index in [2.05, 4.69) is 44.7 Å². The lowest BCUT2D eigenvalue weighted by Gasteiger charge is -2.75. The van der Waals surface area contributed by atoms with E-state index in [1.54, 1.807) is 7.11 Å². The number of hydrogen-bond donors (Lipinski definition) is 1. The molecule has 0 aromatic heterocycles. The Morgan fingerprint density at radius 2 is 1.89 bits per heavy atom. The summed E-state index contributed by atoms with van der Waals surface area (Å²) in [6.07, 6.45) is 8.00. The number of benzene rings is 1. The second-order valence-electron chi connectivity index (χ2n) is 14.0. The van der Waals surface area contributed by atoms with E-state index in [0.29, 0.717) is 6.04 Å². The molecule has 5 aliphatic carbocycles. The van der Waals surface area contributed by atoms with E-state index in [1.807, 2.05) is 7.11 Å². The molecule has 35 heavy (non-hydrogen) atoms. The lowest BCUT2D eigenvalue weighted by atomic mass is 9.33. The zero-order valence-electron chi connectivity index (χ0n) is 22.4. The summed E-state index contributed by atoms with van der Waals surface area (Å²) < 4.78 is 19.6. The molecule has 2 heterocycles. The van der Waals surface area contributed by atoms with Crippen LogP contribution >= 0.6 is 0 Å². The predicted molar refractivity (Wildman–Crippen MR) is 135 cm³/mol. The third-order valence-corrected chi connectivity index (χ3v) is 12.1. The Morgan fingerprint density at radius 3 is 2.54 bits per heavy atom. The van der Waals surface area contributed by atoms with Gasteiger partial charge in [-0.25, -0.2) is 0 Å². The van der Waals surface area contributed by atoms with Crippen LogP contribution in [0.15, 0.2) is 12.1 Å². The van der Waals surface area contributed by atoms with Crippen molar-refractivity contribution in [2.75, 3.05) is 27.3 Å². The highest BCUT2D eigenvalue weighted by Crippen LogP contribution is 2.78. The van der Waals surface area contributed by atoms with Gasteiger partial charge in [0.1, 0.15) is 11.7 Å². The highest BCUT2D eigenvalue weighted by Gasteiger charge is 2.82. The van der Waals surface area contributed by atoms with Gasteiger partial charge in [0.25, 0.3) is 0 Å². The van der Waals surface area contributed by atoms with Gasteiger partial charge < -0.3 is 19.3 Å². The average Bonchev–Trinajstić information content (AvgIpc) is 3.56. The Morgan fingerprint density at radius 1 is 1.11 bits per heavy atom. The zero-order chi connectivity index (χ0) is 24.6. The van der Waals surface area contributed by atoms with E-state index >= 15 is 0 Å². The normalized spacial score (nSPS) is 42.9. The van der Waals surface area contributed by atoms with Crippen molar-refractivity contribution in [3.63, 3.8) is 0 Å². The molecule has 1 aromatic rings. The number of hydrogen-bond acceptors (Lipinski definition) is 5. The van der Waals surface area contributed by atoms with Crippen LogP contribution in [-0.2, 0) is 16.6 Å². The molecule has 4 bridgehead atoms. The van der Waals surface area contributed by atoms with Crippen LogP contribution in [0.5, 0.6) is 11.5 Å². The van der Waals surface area contributed by atoms with Crippen molar-refractivity contribution in [1.29, 1.82) is 0 Å². The fourth-order valence-corrected chi connectivity index (χ4v) is 9.73. The summed E-state index contributed by atoms with van der Waals surface area (Å²) in [7, 11) is 3.63. The standard InChI is InChI=1S/C30H43NO4/c1-26(2,3)27(4,32)21-16-28-11-12-30(21,34-6)25-29(28)13-14-31(17-18-7-8-18)22(28)15-19-9-10-20(33-5)24(35-25)23(19)29/h9-10,18,21-22,25,32H,7-8,11-17H2,1-6H3/t21-,22-,25-,27?,28+,29+,30?/m1/s1. The molecule has 8 rings (SSSR count). The third-order valence-electron chi connectivity index (χ3n) is 12.1. The van der Waals surface area contributed by atoms with E-state index in [-0.39, 0.29) is 28.3 Å². The summed E-state index contributed by atoms with van der Waals surface area (Å²) in [5.74, 6) is 2.71. The first kappa shape index (κ1) is 22.9. The number of ether oxygens (including phenoxy) is 3. The topological polar surface area (TPSA) is 51.2 Å². The van der Waals surface area contributed by atoms with Gasteiger partial charge in [-0.3, -0.25) is 4.90 Å². The maximum atomic E-state index is 12.3. The maximum Gasteiger partial charge on any atom is 0.165 e. The monoisotopic (exact) mass is 481 g/mol. The minimum Gasteiger partial charge on any atom is -0.493 e. The van der Waals surface area contributed by atoms with Crippen LogP contribution in [-0.4, -0.2) is 60.7 Å². The lowest BCUT2D eigenvalue weighted by Crippen LogP contribution is -2.83. The Labute approximate surface area is 210 Å². The third kappa shape index (κ3) is 2.47. The van der Waals surface area contributed by atoms with Gasteiger partial charge in [-0.15, -0.1) is 0 Å². The van der Waals surface area contributed by atoms with Gasteiger partial charge in [0, 0.05) is 42.0 Å². The largest absolute Gasteiger partial charge is 0.493 e. The number of piperidine rings is 1. The SMILES string of the molecule is COc1ccc2c3c1O[C@H]1C4(OC)CC[C@]5(C[C@@H]4C(C)(O)C(C)(C)C)[C@@H](C2)N(CC2CC2)CC[C@]315. The number of aliphatic hydroxyl groups is 1. The molecule has 1 saturated heterocycles. The molecule has 7 aliphatic rings. The Bertz CT molecular complexity index is 1070. The predicted octanol–water partition coefficient (Wildman–Crippen LogP) is 4.72. The van der Waals surface area contributed by atoms with Crippen LogP contribution in [0.4, 0.5) is 0 Å². The molecular weight excluding hydrogens is 438 g/mol. The van der Waals surface area contributed by atoms with Gasteiger partial charge in [0.2, 0.25) is 0 Å². The van der Waals surface area contributed by atoms with Crippen LogP contribution in [0.1, 0.15) is 77.3 Å². The fraction of sp³-hybridized carbons (Fsp3) is 0.800. The first-order valence-electron chi connectivity index (χ1n) is 13.9. The van der Waals surface area contributed by atoms with Crippen molar-refractivity contribution in [3.8, 4) is 11.5 Å². The minimum atomic E-state index is -0.879. The number of rotatable bonds is 5. The molecule has 1 N–H and O–H groups in total. The Hall–Kier alpha value is -1.30. The molecule has 2 spiro atoms. The number of methoxy groups -OCH3 is 2. The van der Waals surface area contributed by atoms with Crippen molar-refractivity contribution in [2.45, 2.75) is 101 Å². The van der Waals surface area contributed by atoms with Gasteiger partial charge in [-0.1, -0.05) is 26.8 Å². The molecule has 1 aromatic carbocycles. The lowest BCUT2D eigenvalue weighted by molar-refractivity contribution is -0.312. The van der Waals surface area contributed by atoms with Crippen molar-refractivity contribution in [3.05, 3.63) is 23.3 Å². The van der Waals surface area contributed by atoms with Gasteiger partial charge in [-0.05, 0) is 81.4 Å². The van der Waals surface area contributed by atoms with E-state index in [1.165, 1.54) is 30.5 Å². The maximum absolute atomic E-state index is 12.3. The Kier molecular flexibility index (Phi) is 4.42. The van der Waals surface area contributed by atoms with Crippen LogP contribution in [0.25, 0.3) is 0 Å².